The summed E-state index contributed by atoms with van der Waals surface area (Å²) in [5.74, 6) is 0. The average Bonchev–Trinajstić information content (AvgIpc) is 2.01. The van der Waals surface area contributed by atoms with Crippen LogP contribution in [0.4, 0.5) is 4.39 Å². The Hall–Kier alpha value is -0.880. The van der Waals surface area contributed by atoms with Gasteiger partial charge in [-0.1, -0.05) is 13.5 Å². The van der Waals surface area contributed by atoms with Gasteiger partial charge in [0.25, 0.3) is 0 Å². The van der Waals surface area contributed by atoms with Gasteiger partial charge in [0.15, 0.2) is 5.54 Å². The molecular formula is C7H11FN2. The third kappa shape index (κ3) is 1.55. The molecule has 1 atom stereocenters. The van der Waals surface area contributed by atoms with Gasteiger partial charge in [0, 0.05) is 0 Å². The normalized spacial score (nSPS) is 15.4. The quantitative estimate of drug-likeness (QED) is 0.601. The first kappa shape index (κ1) is 9.12. The lowest BCUT2D eigenvalue weighted by Gasteiger charge is -2.18. The molecule has 1 unspecified atom stereocenters. The second kappa shape index (κ2) is 3.33. The van der Waals surface area contributed by atoms with E-state index in [0.29, 0.717) is 12.0 Å². The third-order valence-corrected chi connectivity index (χ3v) is 1.47. The van der Waals surface area contributed by atoms with Crippen molar-refractivity contribution in [3.8, 4) is 6.07 Å². The Kier molecular flexibility index (Phi) is 3.04. The maximum absolute atomic E-state index is 12.1. The number of nitrogens with two attached hydrogens (primary N) is 1. The van der Waals surface area contributed by atoms with Crippen LogP contribution in [-0.4, -0.2) is 12.2 Å². The third-order valence-electron chi connectivity index (χ3n) is 1.47. The summed E-state index contributed by atoms with van der Waals surface area (Å²) in [6, 6.07) is 1.68. The molecule has 0 saturated heterocycles. The van der Waals surface area contributed by atoms with E-state index in [4.69, 9.17) is 11.0 Å². The second-order valence-corrected chi connectivity index (χ2v) is 2.17. The maximum Gasteiger partial charge on any atom is 0.154 e. The van der Waals surface area contributed by atoms with E-state index in [0.717, 1.165) is 0 Å². The van der Waals surface area contributed by atoms with Crippen molar-refractivity contribution in [3.05, 3.63) is 12.2 Å². The van der Waals surface area contributed by atoms with Crippen LogP contribution in [0.25, 0.3) is 0 Å². The monoisotopic (exact) mass is 142 g/mol. The van der Waals surface area contributed by atoms with Crippen LogP contribution in [0.3, 0.4) is 0 Å². The first-order valence-corrected chi connectivity index (χ1v) is 3.05. The fourth-order valence-electron chi connectivity index (χ4n) is 0.519. The second-order valence-electron chi connectivity index (χ2n) is 2.17. The summed E-state index contributed by atoms with van der Waals surface area (Å²) in [6.45, 7) is 4.42. The summed E-state index contributed by atoms with van der Waals surface area (Å²) >= 11 is 0. The molecule has 0 bridgehead atoms. The predicted molar refractivity (Wildman–Crippen MR) is 37.9 cm³/mol. The molecule has 10 heavy (non-hydrogen) atoms. The van der Waals surface area contributed by atoms with Crippen LogP contribution in [0.5, 0.6) is 0 Å². The van der Waals surface area contributed by atoms with E-state index in [9.17, 15) is 4.39 Å². The van der Waals surface area contributed by atoms with Crippen molar-refractivity contribution in [2.75, 3.05) is 6.67 Å². The van der Waals surface area contributed by atoms with Crippen molar-refractivity contribution in [2.24, 2.45) is 5.73 Å². The maximum atomic E-state index is 12.1. The lowest BCUT2D eigenvalue weighted by molar-refractivity contribution is 0.400. The molecule has 0 aromatic rings. The number of alkyl halides is 1. The lowest BCUT2D eigenvalue weighted by atomic mass is 9.93. The fraction of sp³-hybridized carbons (Fsp3) is 0.571. The fourth-order valence-corrected chi connectivity index (χ4v) is 0.519. The number of nitriles is 1. The molecule has 0 aliphatic heterocycles. The molecule has 0 heterocycles. The SMILES string of the molecule is C=C(CC)C(N)(C#N)CF. The molecule has 0 rings (SSSR count). The summed E-state index contributed by atoms with van der Waals surface area (Å²) in [7, 11) is 0. The molecule has 56 valence electrons. The summed E-state index contributed by atoms with van der Waals surface area (Å²) in [6.07, 6.45) is 0.536. The highest BCUT2D eigenvalue weighted by Crippen LogP contribution is 2.14. The minimum Gasteiger partial charge on any atom is -0.308 e. The summed E-state index contributed by atoms with van der Waals surface area (Å²) in [5.41, 5.74) is 4.29. The van der Waals surface area contributed by atoms with E-state index in [1.54, 1.807) is 13.0 Å². The van der Waals surface area contributed by atoms with Gasteiger partial charge < -0.3 is 5.73 Å². The lowest BCUT2D eigenvalue weighted by Crippen LogP contribution is -2.42. The highest BCUT2D eigenvalue weighted by molar-refractivity contribution is 5.26. The first-order valence-electron chi connectivity index (χ1n) is 3.05. The Morgan fingerprint density at radius 1 is 1.90 bits per heavy atom. The molecular weight excluding hydrogens is 131 g/mol. The van der Waals surface area contributed by atoms with E-state index in [1.807, 2.05) is 0 Å². The van der Waals surface area contributed by atoms with E-state index < -0.39 is 12.2 Å². The van der Waals surface area contributed by atoms with Gasteiger partial charge in [0.05, 0.1) is 6.07 Å². The van der Waals surface area contributed by atoms with Gasteiger partial charge in [-0.2, -0.15) is 5.26 Å². The van der Waals surface area contributed by atoms with Gasteiger partial charge >= 0.3 is 0 Å². The standard InChI is InChI=1S/C7H11FN2/c1-3-6(2)7(10,4-8)5-9/h2-4,10H2,1H3. The molecule has 2 N–H and O–H groups in total. The highest BCUT2D eigenvalue weighted by Gasteiger charge is 2.26. The van der Waals surface area contributed by atoms with Crippen molar-refractivity contribution in [3.63, 3.8) is 0 Å². The van der Waals surface area contributed by atoms with Crippen molar-refractivity contribution in [1.29, 1.82) is 5.26 Å². The minimum absolute atomic E-state index is 0.442. The van der Waals surface area contributed by atoms with Gasteiger partial charge in [0.2, 0.25) is 0 Å². The largest absolute Gasteiger partial charge is 0.308 e. The number of hydrogen-bond donors (Lipinski definition) is 1. The minimum atomic E-state index is -1.46. The van der Waals surface area contributed by atoms with Crippen molar-refractivity contribution < 1.29 is 4.39 Å². The van der Waals surface area contributed by atoms with Crippen molar-refractivity contribution in [1.82, 2.24) is 0 Å². The Morgan fingerprint density at radius 2 is 2.40 bits per heavy atom. The van der Waals surface area contributed by atoms with Crippen LogP contribution in [0.1, 0.15) is 13.3 Å². The van der Waals surface area contributed by atoms with Crippen molar-refractivity contribution >= 4 is 0 Å². The molecule has 0 aliphatic rings. The summed E-state index contributed by atoms with van der Waals surface area (Å²) < 4.78 is 12.1. The van der Waals surface area contributed by atoms with Crippen LogP contribution in [0.15, 0.2) is 12.2 Å². The smallest absolute Gasteiger partial charge is 0.154 e. The zero-order valence-corrected chi connectivity index (χ0v) is 6.02. The number of rotatable bonds is 3. The summed E-state index contributed by atoms with van der Waals surface area (Å²) in [4.78, 5) is 0. The molecule has 0 aromatic carbocycles. The van der Waals surface area contributed by atoms with E-state index >= 15 is 0 Å². The van der Waals surface area contributed by atoms with Gasteiger partial charge in [-0.15, -0.1) is 0 Å². The Labute approximate surface area is 60.1 Å². The first-order chi connectivity index (χ1) is 4.60. The van der Waals surface area contributed by atoms with Crippen LogP contribution in [-0.2, 0) is 0 Å². The van der Waals surface area contributed by atoms with Crippen LogP contribution in [0, 0.1) is 11.3 Å². The number of halogens is 1. The zero-order valence-electron chi connectivity index (χ0n) is 6.02. The molecule has 0 radical (unpaired) electrons. The highest BCUT2D eigenvalue weighted by atomic mass is 19.1. The van der Waals surface area contributed by atoms with E-state index in [2.05, 4.69) is 6.58 Å². The molecule has 2 nitrogen and oxygen atoms in total. The molecule has 0 saturated carbocycles. The molecule has 0 aromatic heterocycles. The Bertz CT molecular complexity index is 171. The van der Waals surface area contributed by atoms with Crippen LogP contribution < -0.4 is 5.73 Å². The Balaban J connectivity index is 4.37. The van der Waals surface area contributed by atoms with E-state index in [1.165, 1.54) is 0 Å². The topological polar surface area (TPSA) is 49.8 Å². The van der Waals surface area contributed by atoms with Gasteiger partial charge in [-0.25, -0.2) is 4.39 Å². The molecule has 0 spiro atoms. The average molecular weight is 142 g/mol. The number of nitrogens with zero attached hydrogens (tertiary/aromatic N) is 1. The van der Waals surface area contributed by atoms with E-state index in [-0.39, 0.29) is 0 Å². The van der Waals surface area contributed by atoms with Gasteiger partial charge in [-0.05, 0) is 12.0 Å². The van der Waals surface area contributed by atoms with Crippen molar-refractivity contribution in [2.45, 2.75) is 18.9 Å². The molecule has 0 aliphatic carbocycles. The van der Waals surface area contributed by atoms with Crippen LogP contribution >= 0.6 is 0 Å². The predicted octanol–water partition coefficient (Wildman–Crippen LogP) is 1.14. The molecule has 3 heteroatoms. The van der Waals surface area contributed by atoms with Gasteiger partial charge in [-0.3, -0.25) is 0 Å². The van der Waals surface area contributed by atoms with Gasteiger partial charge in [0.1, 0.15) is 6.67 Å². The van der Waals surface area contributed by atoms with Crippen LogP contribution in [0.2, 0.25) is 0 Å². The zero-order chi connectivity index (χ0) is 8.20. The molecule has 0 fully saturated rings. The molecule has 0 amide bonds. The Morgan fingerprint density at radius 3 is 2.50 bits per heavy atom. The summed E-state index contributed by atoms with van der Waals surface area (Å²) in [5, 5.41) is 8.41. The number of hydrogen-bond acceptors (Lipinski definition) is 2.